The summed E-state index contributed by atoms with van der Waals surface area (Å²) in [5.41, 5.74) is -0.222. The molecule has 1 rings (SSSR count). The highest BCUT2D eigenvalue weighted by Crippen LogP contribution is 2.16. The molecule has 0 bridgehead atoms. The van der Waals surface area contributed by atoms with Crippen LogP contribution in [-0.4, -0.2) is 43.0 Å². The third-order valence-electron chi connectivity index (χ3n) is 2.88. The zero-order chi connectivity index (χ0) is 11.5. The van der Waals surface area contributed by atoms with Crippen molar-refractivity contribution in [3.8, 4) is 0 Å². The summed E-state index contributed by atoms with van der Waals surface area (Å²) in [4.78, 5) is 14.1. The standard InChI is InChI=1S/C12H23NO2/c1-5-10-8-13(6-7-15-10)9-11(14)12(2,3)4/h10H,5-9H2,1-4H3. The van der Waals surface area contributed by atoms with Crippen molar-refractivity contribution in [3.05, 3.63) is 0 Å². The van der Waals surface area contributed by atoms with Crippen LogP contribution in [0.4, 0.5) is 0 Å². The second-order valence-corrected chi connectivity index (χ2v) is 5.31. The summed E-state index contributed by atoms with van der Waals surface area (Å²) in [6, 6.07) is 0. The minimum absolute atomic E-state index is 0.222. The third-order valence-corrected chi connectivity index (χ3v) is 2.88. The van der Waals surface area contributed by atoms with E-state index < -0.39 is 0 Å². The Balaban J connectivity index is 2.41. The Morgan fingerprint density at radius 2 is 2.13 bits per heavy atom. The Labute approximate surface area is 92.8 Å². The highest BCUT2D eigenvalue weighted by molar-refractivity contribution is 5.85. The van der Waals surface area contributed by atoms with E-state index in [-0.39, 0.29) is 5.41 Å². The first kappa shape index (κ1) is 12.7. The SMILES string of the molecule is CCC1CN(CC(=O)C(C)(C)C)CCO1. The molecule has 0 amide bonds. The van der Waals surface area contributed by atoms with Crippen molar-refractivity contribution < 1.29 is 9.53 Å². The Morgan fingerprint density at radius 1 is 1.47 bits per heavy atom. The fourth-order valence-electron chi connectivity index (χ4n) is 1.61. The van der Waals surface area contributed by atoms with Gasteiger partial charge in [-0.05, 0) is 6.42 Å². The molecule has 1 unspecified atom stereocenters. The van der Waals surface area contributed by atoms with Gasteiger partial charge in [-0.15, -0.1) is 0 Å². The molecule has 0 radical (unpaired) electrons. The molecule has 0 saturated carbocycles. The maximum Gasteiger partial charge on any atom is 0.152 e. The Bertz CT molecular complexity index is 220. The topological polar surface area (TPSA) is 29.5 Å². The van der Waals surface area contributed by atoms with Crippen LogP contribution in [-0.2, 0) is 9.53 Å². The van der Waals surface area contributed by atoms with Crippen molar-refractivity contribution in [1.82, 2.24) is 4.90 Å². The minimum Gasteiger partial charge on any atom is -0.376 e. The van der Waals surface area contributed by atoms with Crippen molar-refractivity contribution in [2.24, 2.45) is 5.41 Å². The highest BCUT2D eigenvalue weighted by Gasteiger charge is 2.26. The molecule has 0 spiro atoms. The van der Waals surface area contributed by atoms with Gasteiger partial charge in [-0.25, -0.2) is 0 Å². The van der Waals surface area contributed by atoms with Crippen LogP contribution in [0, 0.1) is 5.41 Å². The number of Topliss-reactive ketones (excluding diaryl/α,β-unsaturated/α-hetero) is 1. The normalized spacial score (nSPS) is 24.1. The van der Waals surface area contributed by atoms with Gasteiger partial charge < -0.3 is 4.74 Å². The summed E-state index contributed by atoms with van der Waals surface area (Å²) in [6.45, 7) is 11.2. The van der Waals surface area contributed by atoms with Crippen molar-refractivity contribution in [2.45, 2.75) is 40.2 Å². The smallest absolute Gasteiger partial charge is 0.152 e. The Hall–Kier alpha value is -0.410. The number of ether oxygens (including phenoxy) is 1. The van der Waals surface area contributed by atoms with Gasteiger partial charge >= 0.3 is 0 Å². The Morgan fingerprint density at radius 3 is 2.67 bits per heavy atom. The van der Waals surface area contributed by atoms with Gasteiger partial charge in [0.1, 0.15) is 0 Å². The molecule has 1 atom stereocenters. The quantitative estimate of drug-likeness (QED) is 0.715. The third kappa shape index (κ3) is 3.92. The van der Waals surface area contributed by atoms with Crippen LogP contribution in [0.2, 0.25) is 0 Å². The van der Waals surface area contributed by atoms with E-state index in [1.165, 1.54) is 0 Å². The lowest BCUT2D eigenvalue weighted by Gasteiger charge is -2.33. The van der Waals surface area contributed by atoms with E-state index >= 15 is 0 Å². The van der Waals surface area contributed by atoms with E-state index in [2.05, 4.69) is 11.8 Å². The largest absolute Gasteiger partial charge is 0.376 e. The van der Waals surface area contributed by atoms with Gasteiger partial charge in [0.05, 0.1) is 19.3 Å². The minimum atomic E-state index is -0.222. The number of carbonyl (C=O) groups is 1. The molecule has 1 fully saturated rings. The summed E-state index contributed by atoms with van der Waals surface area (Å²) in [7, 11) is 0. The van der Waals surface area contributed by atoms with E-state index in [1.54, 1.807) is 0 Å². The summed E-state index contributed by atoms with van der Waals surface area (Å²) in [6.07, 6.45) is 1.34. The van der Waals surface area contributed by atoms with Gasteiger partial charge in [0, 0.05) is 18.5 Å². The van der Waals surface area contributed by atoms with Crippen LogP contribution in [0.3, 0.4) is 0 Å². The molecule has 0 aromatic carbocycles. The molecule has 1 saturated heterocycles. The van der Waals surface area contributed by atoms with Crippen molar-refractivity contribution in [1.29, 1.82) is 0 Å². The summed E-state index contributed by atoms with van der Waals surface area (Å²) in [5, 5.41) is 0. The molecule has 1 heterocycles. The average Bonchev–Trinajstić information content (AvgIpc) is 2.16. The number of carbonyl (C=O) groups excluding carboxylic acids is 1. The van der Waals surface area contributed by atoms with Crippen LogP contribution >= 0.6 is 0 Å². The van der Waals surface area contributed by atoms with Gasteiger partial charge in [0.2, 0.25) is 0 Å². The zero-order valence-electron chi connectivity index (χ0n) is 10.4. The first-order valence-corrected chi connectivity index (χ1v) is 5.80. The van der Waals surface area contributed by atoms with E-state index in [1.807, 2.05) is 20.8 Å². The molecule has 0 aromatic rings. The predicted octanol–water partition coefficient (Wildman–Crippen LogP) is 1.71. The van der Waals surface area contributed by atoms with E-state index in [0.717, 1.165) is 26.1 Å². The van der Waals surface area contributed by atoms with Gasteiger partial charge in [0.25, 0.3) is 0 Å². The van der Waals surface area contributed by atoms with E-state index in [9.17, 15) is 4.79 Å². The lowest BCUT2D eigenvalue weighted by Crippen LogP contribution is -2.46. The first-order chi connectivity index (χ1) is 6.93. The van der Waals surface area contributed by atoms with Crippen LogP contribution in [0.25, 0.3) is 0 Å². The summed E-state index contributed by atoms with van der Waals surface area (Å²) in [5.74, 6) is 0.319. The first-order valence-electron chi connectivity index (χ1n) is 5.80. The van der Waals surface area contributed by atoms with Crippen molar-refractivity contribution in [3.63, 3.8) is 0 Å². The van der Waals surface area contributed by atoms with Crippen molar-refractivity contribution >= 4 is 5.78 Å². The predicted molar refractivity (Wildman–Crippen MR) is 60.9 cm³/mol. The number of rotatable bonds is 3. The average molecular weight is 213 g/mol. The van der Waals surface area contributed by atoms with Gasteiger partial charge in [-0.2, -0.15) is 0 Å². The van der Waals surface area contributed by atoms with Gasteiger partial charge in [-0.1, -0.05) is 27.7 Å². The molecule has 0 aliphatic carbocycles. The fourth-order valence-corrected chi connectivity index (χ4v) is 1.61. The molecule has 0 N–H and O–H groups in total. The molecular formula is C12H23NO2. The highest BCUT2D eigenvalue weighted by atomic mass is 16.5. The lowest BCUT2D eigenvalue weighted by atomic mass is 9.90. The molecule has 3 heteroatoms. The molecule has 88 valence electrons. The lowest BCUT2D eigenvalue weighted by molar-refractivity contribution is -0.129. The number of hydrogen-bond donors (Lipinski definition) is 0. The van der Waals surface area contributed by atoms with Crippen LogP contribution < -0.4 is 0 Å². The number of nitrogens with zero attached hydrogens (tertiary/aromatic N) is 1. The van der Waals surface area contributed by atoms with Gasteiger partial charge in [-0.3, -0.25) is 9.69 Å². The fraction of sp³-hybridized carbons (Fsp3) is 0.917. The van der Waals surface area contributed by atoms with Crippen molar-refractivity contribution in [2.75, 3.05) is 26.2 Å². The second kappa shape index (κ2) is 5.08. The van der Waals surface area contributed by atoms with Crippen LogP contribution in [0.1, 0.15) is 34.1 Å². The monoisotopic (exact) mass is 213 g/mol. The molecule has 15 heavy (non-hydrogen) atoms. The molecular weight excluding hydrogens is 190 g/mol. The summed E-state index contributed by atoms with van der Waals surface area (Å²) >= 11 is 0. The Kier molecular flexibility index (Phi) is 4.29. The molecule has 0 aromatic heterocycles. The van der Waals surface area contributed by atoms with E-state index in [4.69, 9.17) is 4.74 Å². The van der Waals surface area contributed by atoms with E-state index in [0.29, 0.717) is 18.4 Å². The second-order valence-electron chi connectivity index (χ2n) is 5.31. The number of hydrogen-bond acceptors (Lipinski definition) is 3. The molecule has 1 aliphatic rings. The summed E-state index contributed by atoms with van der Waals surface area (Å²) < 4.78 is 5.57. The maximum atomic E-state index is 11.8. The maximum absolute atomic E-state index is 11.8. The number of morpholine rings is 1. The zero-order valence-corrected chi connectivity index (χ0v) is 10.4. The number of ketones is 1. The molecule has 3 nitrogen and oxygen atoms in total. The van der Waals surface area contributed by atoms with Crippen LogP contribution in [0.5, 0.6) is 0 Å². The van der Waals surface area contributed by atoms with Crippen LogP contribution in [0.15, 0.2) is 0 Å². The molecule has 1 aliphatic heterocycles. The van der Waals surface area contributed by atoms with Gasteiger partial charge in [0.15, 0.2) is 5.78 Å².